The molecule has 6 heteroatoms. The van der Waals surface area contributed by atoms with Gasteiger partial charge in [0.1, 0.15) is 17.9 Å². The standard InChI is InChI=1S/C25H21F2N3O/c26-19-6-2-17(3-7-19)25(18-4-8-20(27)9-5-18)13-12-22-23(16-25)30(14-1-15-31)29-24(22)28-21-10-11-21/h1-9,12-15,21H,10-11,16H2,(H,28,29). The minimum absolute atomic E-state index is 0.312. The summed E-state index contributed by atoms with van der Waals surface area (Å²) < 4.78 is 29.1. The zero-order valence-corrected chi connectivity index (χ0v) is 16.8. The van der Waals surface area contributed by atoms with Crippen LogP contribution in [-0.4, -0.2) is 22.1 Å². The summed E-state index contributed by atoms with van der Waals surface area (Å²) in [5.74, 6) is 0.165. The first-order valence-corrected chi connectivity index (χ1v) is 10.3. The zero-order chi connectivity index (χ0) is 21.4. The first-order chi connectivity index (χ1) is 15.1. The summed E-state index contributed by atoms with van der Waals surface area (Å²) in [6.07, 6.45) is 10.6. The fourth-order valence-electron chi connectivity index (χ4n) is 4.21. The molecule has 0 aliphatic heterocycles. The third kappa shape index (κ3) is 3.58. The molecule has 1 aromatic heterocycles. The van der Waals surface area contributed by atoms with Crippen molar-refractivity contribution in [2.75, 3.05) is 5.32 Å². The second-order valence-corrected chi connectivity index (χ2v) is 8.05. The van der Waals surface area contributed by atoms with Crippen molar-refractivity contribution < 1.29 is 13.6 Å². The van der Waals surface area contributed by atoms with E-state index in [0.717, 1.165) is 41.0 Å². The van der Waals surface area contributed by atoms with Crippen LogP contribution in [0, 0.1) is 11.6 Å². The van der Waals surface area contributed by atoms with Crippen LogP contribution in [0.15, 0.2) is 60.7 Å². The van der Waals surface area contributed by atoms with Crippen LogP contribution in [0.4, 0.5) is 14.6 Å². The van der Waals surface area contributed by atoms with Gasteiger partial charge in [-0.2, -0.15) is 5.10 Å². The van der Waals surface area contributed by atoms with Gasteiger partial charge in [0.25, 0.3) is 0 Å². The number of aromatic nitrogens is 2. The summed E-state index contributed by atoms with van der Waals surface area (Å²) in [5.41, 5.74) is 3.06. The van der Waals surface area contributed by atoms with E-state index in [-0.39, 0.29) is 11.6 Å². The van der Waals surface area contributed by atoms with Gasteiger partial charge >= 0.3 is 0 Å². The number of fused-ring (bicyclic) bond motifs is 1. The molecule has 1 saturated carbocycles. The molecule has 0 atom stereocenters. The highest BCUT2D eigenvalue weighted by atomic mass is 19.1. The van der Waals surface area contributed by atoms with Crippen LogP contribution >= 0.6 is 0 Å². The minimum Gasteiger partial charge on any atom is -0.365 e. The van der Waals surface area contributed by atoms with E-state index in [4.69, 9.17) is 0 Å². The number of allylic oxidation sites excluding steroid dienone is 2. The maximum absolute atomic E-state index is 13.7. The Bertz CT molecular complexity index is 1130. The van der Waals surface area contributed by atoms with Crippen molar-refractivity contribution in [2.24, 2.45) is 0 Å². The van der Waals surface area contributed by atoms with Gasteiger partial charge in [-0.3, -0.25) is 4.79 Å². The smallest absolute Gasteiger partial charge is 0.156 e. The van der Waals surface area contributed by atoms with Crippen LogP contribution in [0.5, 0.6) is 0 Å². The molecule has 2 aliphatic carbocycles. The fourth-order valence-corrected chi connectivity index (χ4v) is 4.21. The van der Waals surface area contributed by atoms with Crippen molar-refractivity contribution in [2.45, 2.75) is 30.7 Å². The van der Waals surface area contributed by atoms with E-state index in [1.165, 1.54) is 30.3 Å². The third-order valence-electron chi connectivity index (χ3n) is 5.97. The van der Waals surface area contributed by atoms with E-state index < -0.39 is 5.41 Å². The highest BCUT2D eigenvalue weighted by Gasteiger charge is 2.38. The van der Waals surface area contributed by atoms with Gasteiger partial charge in [0.05, 0.1) is 5.69 Å². The third-order valence-corrected chi connectivity index (χ3v) is 5.97. The molecule has 5 rings (SSSR count). The molecule has 31 heavy (non-hydrogen) atoms. The van der Waals surface area contributed by atoms with E-state index in [9.17, 15) is 13.6 Å². The molecule has 0 saturated heterocycles. The second kappa shape index (κ2) is 7.61. The SMILES string of the molecule is O=CC=Cn1nc(NC2CC2)c2c1CC(c1ccc(F)cc1)(c1ccc(F)cc1)C=C2. The number of hydrogen-bond donors (Lipinski definition) is 1. The second-order valence-electron chi connectivity index (χ2n) is 8.05. The number of carbonyl (C=O) groups is 1. The maximum Gasteiger partial charge on any atom is 0.156 e. The van der Waals surface area contributed by atoms with Crippen molar-refractivity contribution in [3.05, 3.63) is 94.7 Å². The predicted octanol–water partition coefficient (Wildman–Crippen LogP) is 4.96. The van der Waals surface area contributed by atoms with Crippen molar-refractivity contribution in [1.29, 1.82) is 0 Å². The molecule has 0 unspecified atom stereocenters. The topological polar surface area (TPSA) is 46.9 Å². The number of carbonyl (C=O) groups excluding carboxylic acids is 1. The minimum atomic E-state index is -0.627. The monoisotopic (exact) mass is 417 g/mol. The van der Waals surface area contributed by atoms with Crippen molar-refractivity contribution in [3.63, 3.8) is 0 Å². The van der Waals surface area contributed by atoms with Crippen molar-refractivity contribution in [1.82, 2.24) is 9.78 Å². The zero-order valence-electron chi connectivity index (χ0n) is 16.8. The first kappa shape index (κ1) is 19.4. The molecule has 0 spiro atoms. The van der Waals surface area contributed by atoms with Crippen LogP contribution in [0.1, 0.15) is 35.2 Å². The average molecular weight is 417 g/mol. The number of hydrogen-bond acceptors (Lipinski definition) is 3. The summed E-state index contributed by atoms with van der Waals surface area (Å²) in [6.45, 7) is 0. The molecule has 1 N–H and O–H groups in total. The Morgan fingerprint density at radius 1 is 1.00 bits per heavy atom. The number of nitrogens with zero attached hydrogens (tertiary/aromatic N) is 2. The average Bonchev–Trinajstić information content (AvgIpc) is 3.54. The summed E-state index contributed by atoms with van der Waals surface area (Å²) in [6, 6.07) is 13.2. The molecular weight excluding hydrogens is 396 g/mol. The lowest BCUT2D eigenvalue weighted by Gasteiger charge is -2.35. The van der Waals surface area contributed by atoms with Gasteiger partial charge in [0, 0.05) is 29.6 Å². The summed E-state index contributed by atoms with van der Waals surface area (Å²) >= 11 is 0. The molecular formula is C25H21F2N3O. The van der Waals surface area contributed by atoms with Crippen molar-refractivity contribution in [3.8, 4) is 0 Å². The number of rotatable bonds is 6. The van der Waals surface area contributed by atoms with E-state index in [0.29, 0.717) is 18.7 Å². The van der Waals surface area contributed by atoms with E-state index >= 15 is 0 Å². The molecule has 1 fully saturated rings. The van der Waals surface area contributed by atoms with Crippen LogP contribution < -0.4 is 5.32 Å². The Labute approximate surface area is 178 Å². The van der Waals surface area contributed by atoms with Gasteiger partial charge in [-0.1, -0.05) is 36.4 Å². The number of aldehydes is 1. The molecule has 2 aromatic carbocycles. The van der Waals surface area contributed by atoms with Crippen LogP contribution in [0.3, 0.4) is 0 Å². The van der Waals surface area contributed by atoms with Crippen LogP contribution in [-0.2, 0) is 16.6 Å². The van der Waals surface area contributed by atoms with Gasteiger partial charge in [-0.15, -0.1) is 0 Å². The fraction of sp³-hybridized carbons (Fsp3) is 0.200. The molecule has 0 bridgehead atoms. The summed E-state index contributed by atoms with van der Waals surface area (Å²) in [7, 11) is 0. The van der Waals surface area contributed by atoms with Gasteiger partial charge < -0.3 is 5.32 Å². The number of benzene rings is 2. The van der Waals surface area contributed by atoms with E-state index in [1.807, 2.05) is 6.08 Å². The highest BCUT2D eigenvalue weighted by Crippen LogP contribution is 2.44. The summed E-state index contributed by atoms with van der Waals surface area (Å²) in [4.78, 5) is 10.9. The maximum atomic E-state index is 13.7. The molecule has 156 valence electrons. The van der Waals surface area contributed by atoms with E-state index in [1.54, 1.807) is 35.1 Å². The van der Waals surface area contributed by atoms with Gasteiger partial charge in [-0.05, 0) is 54.3 Å². The largest absolute Gasteiger partial charge is 0.365 e. The molecule has 2 aliphatic rings. The van der Waals surface area contributed by atoms with E-state index in [2.05, 4.69) is 16.5 Å². The molecule has 1 heterocycles. The Balaban J connectivity index is 1.67. The highest BCUT2D eigenvalue weighted by molar-refractivity contribution is 5.74. The van der Waals surface area contributed by atoms with Crippen molar-refractivity contribution >= 4 is 24.4 Å². The lowest BCUT2D eigenvalue weighted by molar-refractivity contribution is -0.104. The lowest BCUT2D eigenvalue weighted by atomic mass is 9.68. The van der Waals surface area contributed by atoms with Crippen LogP contribution in [0.25, 0.3) is 12.3 Å². The molecule has 0 amide bonds. The quantitative estimate of drug-likeness (QED) is 0.456. The Kier molecular flexibility index (Phi) is 4.77. The predicted molar refractivity (Wildman–Crippen MR) is 117 cm³/mol. The van der Waals surface area contributed by atoms with Crippen LogP contribution in [0.2, 0.25) is 0 Å². The first-order valence-electron chi connectivity index (χ1n) is 10.3. The Hall–Kier alpha value is -3.54. The number of halogens is 2. The van der Waals surface area contributed by atoms with Gasteiger partial charge in [0.15, 0.2) is 5.82 Å². The molecule has 4 nitrogen and oxygen atoms in total. The lowest BCUT2D eigenvalue weighted by Crippen LogP contribution is -2.31. The molecule has 3 aromatic rings. The van der Waals surface area contributed by atoms with Gasteiger partial charge in [-0.25, -0.2) is 13.5 Å². The van der Waals surface area contributed by atoms with Gasteiger partial charge in [0.2, 0.25) is 0 Å². The Morgan fingerprint density at radius 3 is 2.16 bits per heavy atom. The number of anilines is 1. The normalized spacial score (nSPS) is 17.0. The summed E-state index contributed by atoms with van der Waals surface area (Å²) in [5, 5.41) is 8.14. The molecule has 0 radical (unpaired) electrons. The number of nitrogens with one attached hydrogen (secondary N) is 1. The Morgan fingerprint density at radius 2 is 1.61 bits per heavy atom.